The summed E-state index contributed by atoms with van der Waals surface area (Å²) in [6.07, 6.45) is 2.25. The van der Waals surface area contributed by atoms with E-state index in [4.69, 9.17) is 26.3 Å². The summed E-state index contributed by atoms with van der Waals surface area (Å²) in [5, 5.41) is 47.3. The Morgan fingerprint density at radius 1 is 0.400 bits per heavy atom. The summed E-state index contributed by atoms with van der Waals surface area (Å²) >= 11 is 0. The molecule has 0 aliphatic rings. The number of hydrogen-bond acceptors (Lipinski definition) is 9. The predicted molar refractivity (Wildman–Crippen MR) is 113 cm³/mol. The Labute approximate surface area is 181 Å². The van der Waals surface area contributed by atoms with E-state index in [2.05, 4.69) is 50.4 Å². The summed E-state index contributed by atoms with van der Waals surface area (Å²) in [6, 6.07) is 10.8. The molecule has 0 fully saturated rings. The highest BCUT2D eigenvalue weighted by Crippen LogP contribution is 1.99. The number of nitriles is 5. The van der Waals surface area contributed by atoms with Crippen LogP contribution in [-0.2, 0) is 0 Å². The Bertz CT molecular complexity index is 549. The molecule has 162 valence electrons. The molecule has 0 atom stereocenters. The molecule has 0 unspecified atom stereocenters. The Morgan fingerprint density at radius 3 is 1.07 bits per heavy atom. The van der Waals surface area contributed by atoms with Crippen molar-refractivity contribution < 1.29 is 0 Å². The molecule has 9 nitrogen and oxygen atoms in total. The van der Waals surface area contributed by atoms with Gasteiger partial charge in [0.25, 0.3) is 0 Å². The highest BCUT2D eigenvalue weighted by molar-refractivity contribution is 4.79. The largest absolute Gasteiger partial charge is 0.314 e. The summed E-state index contributed by atoms with van der Waals surface area (Å²) in [4.78, 5) is 6.61. The highest BCUT2D eigenvalue weighted by Gasteiger charge is 2.12. The number of rotatable bonds is 19. The van der Waals surface area contributed by atoms with E-state index in [1.54, 1.807) is 0 Å². The molecule has 0 rings (SSSR count). The van der Waals surface area contributed by atoms with E-state index in [1.807, 2.05) is 0 Å². The standard InChI is InChI=1S/C21H33N9/c22-6-1-11-27-12-17-30(20-18-28(13-2-7-23)14-3-8-24)21-19-29(15-4-9-25)16-5-10-26/h27H,1-5,11-21H2. The molecule has 0 saturated heterocycles. The van der Waals surface area contributed by atoms with E-state index in [0.29, 0.717) is 64.8 Å². The molecule has 1 N–H and O–H groups in total. The first-order valence-electron chi connectivity index (χ1n) is 10.4. The first-order chi connectivity index (χ1) is 14.7. The Balaban J connectivity index is 4.74. The number of nitrogens with one attached hydrogen (secondary N) is 1. The van der Waals surface area contributed by atoms with Crippen LogP contribution in [0.3, 0.4) is 0 Å². The van der Waals surface area contributed by atoms with E-state index >= 15 is 0 Å². The molecule has 0 spiro atoms. The third-order valence-electron chi connectivity index (χ3n) is 4.64. The second-order valence-corrected chi connectivity index (χ2v) is 6.82. The third-order valence-corrected chi connectivity index (χ3v) is 4.64. The molecule has 0 saturated carbocycles. The maximum Gasteiger partial charge on any atom is 0.0635 e. The second-order valence-electron chi connectivity index (χ2n) is 6.82. The van der Waals surface area contributed by atoms with Crippen molar-refractivity contribution >= 4 is 0 Å². The van der Waals surface area contributed by atoms with Gasteiger partial charge >= 0.3 is 0 Å². The minimum atomic E-state index is 0.442. The minimum absolute atomic E-state index is 0.442. The van der Waals surface area contributed by atoms with Crippen LogP contribution in [0.2, 0.25) is 0 Å². The van der Waals surface area contributed by atoms with Crippen molar-refractivity contribution in [3.05, 3.63) is 0 Å². The zero-order chi connectivity index (χ0) is 22.3. The predicted octanol–water partition coefficient (Wildman–Crippen LogP) is 1.05. The molecule has 0 bridgehead atoms. The Hall–Kier alpha value is -2.71. The maximum absolute atomic E-state index is 8.86. The van der Waals surface area contributed by atoms with Crippen LogP contribution >= 0.6 is 0 Å². The van der Waals surface area contributed by atoms with Crippen LogP contribution in [0.15, 0.2) is 0 Å². The van der Waals surface area contributed by atoms with Gasteiger partial charge in [-0.3, -0.25) is 4.90 Å². The lowest BCUT2D eigenvalue weighted by Crippen LogP contribution is -2.43. The monoisotopic (exact) mass is 411 g/mol. The van der Waals surface area contributed by atoms with Crippen LogP contribution in [0, 0.1) is 56.7 Å². The van der Waals surface area contributed by atoms with Crippen LogP contribution in [0.5, 0.6) is 0 Å². The van der Waals surface area contributed by atoms with E-state index in [9.17, 15) is 0 Å². The average Bonchev–Trinajstić information content (AvgIpc) is 2.76. The van der Waals surface area contributed by atoms with Gasteiger partial charge in [0.05, 0.1) is 30.3 Å². The molecular weight excluding hydrogens is 378 g/mol. The van der Waals surface area contributed by atoms with Gasteiger partial charge in [-0.15, -0.1) is 0 Å². The van der Waals surface area contributed by atoms with Gasteiger partial charge in [-0.1, -0.05) is 0 Å². The molecule has 0 aromatic rings. The molecule has 0 amide bonds. The Morgan fingerprint density at radius 2 is 0.733 bits per heavy atom. The molecule has 0 aliphatic carbocycles. The van der Waals surface area contributed by atoms with E-state index in [-0.39, 0.29) is 0 Å². The van der Waals surface area contributed by atoms with Gasteiger partial charge < -0.3 is 15.1 Å². The van der Waals surface area contributed by atoms with Gasteiger partial charge in [0, 0.05) is 104 Å². The van der Waals surface area contributed by atoms with Gasteiger partial charge in [0.1, 0.15) is 0 Å². The van der Waals surface area contributed by atoms with Crippen molar-refractivity contribution in [2.24, 2.45) is 0 Å². The summed E-state index contributed by atoms with van der Waals surface area (Å²) < 4.78 is 0. The lowest BCUT2D eigenvalue weighted by Gasteiger charge is -2.29. The number of nitrogens with zero attached hydrogens (tertiary/aromatic N) is 8. The van der Waals surface area contributed by atoms with Crippen LogP contribution in [0.1, 0.15) is 32.1 Å². The lowest BCUT2D eigenvalue weighted by atomic mass is 10.3. The third kappa shape index (κ3) is 16.3. The highest BCUT2D eigenvalue weighted by atomic mass is 15.2. The molecular formula is C21H33N9. The van der Waals surface area contributed by atoms with E-state index < -0.39 is 0 Å². The van der Waals surface area contributed by atoms with Gasteiger partial charge in [0.2, 0.25) is 0 Å². The second kappa shape index (κ2) is 21.0. The van der Waals surface area contributed by atoms with Crippen molar-refractivity contribution in [3.63, 3.8) is 0 Å². The van der Waals surface area contributed by atoms with Crippen LogP contribution < -0.4 is 5.32 Å². The maximum atomic E-state index is 8.86. The summed E-state index contributed by atoms with van der Waals surface area (Å²) in [5.41, 5.74) is 0. The fourth-order valence-corrected chi connectivity index (χ4v) is 2.91. The molecule has 0 heterocycles. The first kappa shape index (κ1) is 27.3. The summed E-state index contributed by atoms with van der Waals surface area (Å²) in [5.74, 6) is 0. The van der Waals surface area contributed by atoms with E-state index in [0.717, 1.165) is 39.3 Å². The van der Waals surface area contributed by atoms with Crippen LogP contribution in [-0.4, -0.2) is 86.7 Å². The molecule has 9 heteroatoms. The lowest BCUT2D eigenvalue weighted by molar-refractivity contribution is 0.179. The fourth-order valence-electron chi connectivity index (χ4n) is 2.91. The normalized spacial score (nSPS) is 10.3. The molecule has 0 radical (unpaired) electrons. The average molecular weight is 412 g/mol. The molecule has 0 aliphatic heterocycles. The summed E-state index contributed by atoms with van der Waals surface area (Å²) in [6.45, 7) is 8.04. The first-order valence-corrected chi connectivity index (χ1v) is 10.4. The quantitative estimate of drug-likeness (QED) is 0.309. The SMILES string of the molecule is N#CCCNCCN(CCN(CCC#N)CCC#N)CCN(CCC#N)CCC#N. The van der Waals surface area contributed by atoms with Gasteiger partial charge in [-0.05, 0) is 0 Å². The zero-order valence-corrected chi connectivity index (χ0v) is 17.9. The molecule has 0 aromatic carbocycles. The molecule has 30 heavy (non-hydrogen) atoms. The topological polar surface area (TPSA) is 141 Å². The van der Waals surface area contributed by atoms with Crippen molar-refractivity contribution in [1.29, 1.82) is 26.3 Å². The fraction of sp³-hybridized carbons (Fsp3) is 0.762. The van der Waals surface area contributed by atoms with E-state index in [1.165, 1.54) is 0 Å². The van der Waals surface area contributed by atoms with Crippen molar-refractivity contribution in [2.45, 2.75) is 32.1 Å². The van der Waals surface area contributed by atoms with Crippen molar-refractivity contribution in [1.82, 2.24) is 20.0 Å². The van der Waals surface area contributed by atoms with Crippen molar-refractivity contribution in [3.8, 4) is 30.3 Å². The number of hydrogen-bond donors (Lipinski definition) is 1. The van der Waals surface area contributed by atoms with Gasteiger partial charge in [-0.25, -0.2) is 0 Å². The van der Waals surface area contributed by atoms with Crippen LogP contribution in [0.25, 0.3) is 0 Å². The van der Waals surface area contributed by atoms with Gasteiger partial charge in [-0.2, -0.15) is 26.3 Å². The molecule has 0 aromatic heterocycles. The Kier molecular flexibility index (Phi) is 19.1. The zero-order valence-electron chi connectivity index (χ0n) is 17.9. The van der Waals surface area contributed by atoms with Crippen LogP contribution in [0.4, 0.5) is 0 Å². The minimum Gasteiger partial charge on any atom is -0.314 e. The summed E-state index contributed by atoms with van der Waals surface area (Å²) in [7, 11) is 0. The van der Waals surface area contributed by atoms with Crippen molar-refractivity contribution in [2.75, 3.05) is 72.0 Å². The smallest absolute Gasteiger partial charge is 0.0635 e. The van der Waals surface area contributed by atoms with Gasteiger partial charge in [0.15, 0.2) is 0 Å².